The van der Waals surface area contributed by atoms with E-state index in [-0.39, 0.29) is 11.9 Å². The third-order valence-electron chi connectivity index (χ3n) is 4.37. The highest BCUT2D eigenvalue weighted by atomic mass is 16.2. The summed E-state index contributed by atoms with van der Waals surface area (Å²) in [7, 11) is 0. The molecule has 1 aliphatic heterocycles. The molecule has 1 aliphatic carbocycles. The maximum absolute atomic E-state index is 12.5. The van der Waals surface area contributed by atoms with Gasteiger partial charge in [-0.25, -0.2) is 0 Å². The summed E-state index contributed by atoms with van der Waals surface area (Å²) in [5.74, 6) is 0.167. The van der Waals surface area contributed by atoms with E-state index in [1.807, 2.05) is 23.1 Å². The van der Waals surface area contributed by atoms with E-state index in [0.29, 0.717) is 0 Å². The molecule has 1 unspecified atom stereocenters. The van der Waals surface area contributed by atoms with Crippen molar-refractivity contribution in [3.63, 3.8) is 0 Å². The van der Waals surface area contributed by atoms with E-state index in [9.17, 15) is 4.79 Å². The minimum Gasteiger partial charge on any atom is -0.334 e. The highest BCUT2D eigenvalue weighted by molar-refractivity contribution is 5.87. The zero-order valence-electron chi connectivity index (χ0n) is 10.6. The second kappa shape index (κ2) is 4.39. The third kappa shape index (κ3) is 1.83. The third-order valence-corrected chi connectivity index (χ3v) is 4.37. The summed E-state index contributed by atoms with van der Waals surface area (Å²) >= 11 is 0. The van der Waals surface area contributed by atoms with Crippen LogP contribution in [0.1, 0.15) is 43.7 Å². The topological polar surface area (TPSA) is 46.3 Å². The molecule has 2 N–H and O–H groups in total. The largest absolute Gasteiger partial charge is 0.334 e. The summed E-state index contributed by atoms with van der Waals surface area (Å²) < 4.78 is 0. The molecule has 18 heavy (non-hydrogen) atoms. The number of benzene rings is 1. The van der Waals surface area contributed by atoms with Crippen molar-refractivity contribution in [2.45, 2.75) is 43.7 Å². The SMILES string of the molecule is NC1(C(=O)N2CCCC2c2ccccc2)CCC1. The van der Waals surface area contributed by atoms with Crippen LogP contribution in [-0.2, 0) is 4.79 Å². The Morgan fingerprint density at radius 1 is 1.22 bits per heavy atom. The van der Waals surface area contributed by atoms with Crippen LogP contribution >= 0.6 is 0 Å². The van der Waals surface area contributed by atoms with Crippen molar-refractivity contribution in [1.29, 1.82) is 0 Å². The number of likely N-dealkylation sites (tertiary alicyclic amines) is 1. The molecular formula is C15H20N2O. The summed E-state index contributed by atoms with van der Waals surface area (Å²) in [6, 6.07) is 10.6. The number of amides is 1. The Morgan fingerprint density at radius 2 is 1.94 bits per heavy atom. The molecule has 3 heteroatoms. The van der Waals surface area contributed by atoms with Gasteiger partial charge in [0.25, 0.3) is 0 Å². The molecule has 2 fully saturated rings. The van der Waals surface area contributed by atoms with E-state index in [2.05, 4.69) is 12.1 Å². The monoisotopic (exact) mass is 244 g/mol. The molecule has 3 nitrogen and oxygen atoms in total. The number of hydrogen-bond donors (Lipinski definition) is 1. The van der Waals surface area contributed by atoms with Crippen molar-refractivity contribution in [2.24, 2.45) is 5.73 Å². The highest BCUT2D eigenvalue weighted by Crippen LogP contribution is 2.38. The van der Waals surface area contributed by atoms with Crippen LogP contribution in [0.2, 0.25) is 0 Å². The second-order valence-electron chi connectivity index (χ2n) is 5.58. The lowest BCUT2D eigenvalue weighted by Gasteiger charge is -2.41. The lowest BCUT2D eigenvalue weighted by atomic mass is 9.76. The molecule has 1 aromatic carbocycles. The van der Waals surface area contributed by atoms with Crippen LogP contribution in [-0.4, -0.2) is 22.9 Å². The minimum atomic E-state index is -0.558. The standard InChI is InChI=1S/C15H20N2O/c16-15(9-5-10-15)14(18)17-11-4-8-13(17)12-6-2-1-3-7-12/h1-3,6-7,13H,4-5,8-11,16H2. The van der Waals surface area contributed by atoms with Gasteiger partial charge in [0.1, 0.15) is 0 Å². The van der Waals surface area contributed by atoms with Crippen molar-refractivity contribution in [3.8, 4) is 0 Å². The Labute approximate surface area is 108 Å². The highest BCUT2D eigenvalue weighted by Gasteiger charge is 2.45. The summed E-state index contributed by atoms with van der Waals surface area (Å²) in [6.07, 6.45) is 4.94. The first-order chi connectivity index (χ1) is 8.71. The van der Waals surface area contributed by atoms with E-state index < -0.39 is 5.54 Å². The summed E-state index contributed by atoms with van der Waals surface area (Å²) in [6.45, 7) is 0.858. The number of rotatable bonds is 2. The van der Waals surface area contributed by atoms with E-state index in [0.717, 1.165) is 38.6 Å². The van der Waals surface area contributed by atoms with Gasteiger partial charge in [-0.2, -0.15) is 0 Å². The van der Waals surface area contributed by atoms with Gasteiger partial charge in [-0.1, -0.05) is 30.3 Å². The molecule has 1 amide bonds. The molecule has 0 spiro atoms. The van der Waals surface area contributed by atoms with E-state index in [1.165, 1.54) is 5.56 Å². The van der Waals surface area contributed by atoms with Crippen LogP contribution in [0, 0.1) is 0 Å². The van der Waals surface area contributed by atoms with Gasteiger partial charge in [-0.05, 0) is 37.7 Å². The van der Waals surface area contributed by atoms with Gasteiger partial charge < -0.3 is 10.6 Å². The van der Waals surface area contributed by atoms with E-state index >= 15 is 0 Å². The Bertz CT molecular complexity index is 439. The Kier molecular flexibility index (Phi) is 2.86. The maximum atomic E-state index is 12.5. The molecule has 0 bridgehead atoms. The zero-order valence-corrected chi connectivity index (χ0v) is 10.6. The first-order valence-electron chi connectivity index (χ1n) is 6.86. The molecule has 2 aliphatic rings. The average Bonchev–Trinajstić information content (AvgIpc) is 2.85. The second-order valence-corrected chi connectivity index (χ2v) is 5.58. The van der Waals surface area contributed by atoms with Crippen LogP contribution in [0.3, 0.4) is 0 Å². The predicted molar refractivity (Wildman–Crippen MR) is 70.9 cm³/mol. The van der Waals surface area contributed by atoms with Gasteiger partial charge in [0.15, 0.2) is 0 Å². The van der Waals surface area contributed by atoms with Crippen molar-refractivity contribution in [2.75, 3.05) is 6.54 Å². The van der Waals surface area contributed by atoms with Crippen LogP contribution < -0.4 is 5.73 Å². The number of nitrogens with two attached hydrogens (primary N) is 1. The summed E-state index contributed by atoms with van der Waals surface area (Å²) in [5.41, 5.74) is 6.86. The average molecular weight is 244 g/mol. The van der Waals surface area contributed by atoms with Crippen LogP contribution in [0.4, 0.5) is 0 Å². The fraction of sp³-hybridized carbons (Fsp3) is 0.533. The van der Waals surface area contributed by atoms with Crippen molar-refractivity contribution in [3.05, 3.63) is 35.9 Å². The minimum absolute atomic E-state index is 0.167. The van der Waals surface area contributed by atoms with Crippen molar-refractivity contribution < 1.29 is 4.79 Å². The first-order valence-corrected chi connectivity index (χ1v) is 6.86. The van der Waals surface area contributed by atoms with Crippen LogP contribution in [0.15, 0.2) is 30.3 Å². The lowest BCUT2D eigenvalue weighted by Crippen LogP contribution is -2.59. The molecule has 0 radical (unpaired) electrons. The van der Waals surface area contributed by atoms with Gasteiger partial charge in [0.05, 0.1) is 11.6 Å². The van der Waals surface area contributed by atoms with Gasteiger partial charge in [-0.3, -0.25) is 4.79 Å². The van der Waals surface area contributed by atoms with Crippen LogP contribution in [0.25, 0.3) is 0 Å². The fourth-order valence-electron chi connectivity index (χ4n) is 3.09. The Balaban J connectivity index is 1.81. The summed E-state index contributed by atoms with van der Waals surface area (Å²) in [5, 5.41) is 0. The smallest absolute Gasteiger partial charge is 0.243 e. The molecule has 3 rings (SSSR count). The molecule has 1 saturated carbocycles. The Morgan fingerprint density at radius 3 is 2.56 bits per heavy atom. The molecular weight excluding hydrogens is 224 g/mol. The maximum Gasteiger partial charge on any atom is 0.243 e. The Hall–Kier alpha value is -1.35. The fourth-order valence-corrected chi connectivity index (χ4v) is 3.09. The predicted octanol–water partition coefficient (Wildman–Crippen LogP) is 2.23. The van der Waals surface area contributed by atoms with Gasteiger partial charge in [-0.15, -0.1) is 0 Å². The first kappa shape index (κ1) is 11.7. The van der Waals surface area contributed by atoms with Gasteiger partial charge in [0.2, 0.25) is 5.91 Å². The molecule has 1 heterocycles. The van der Waals surface area contributed by atoms with Crippen molar-refractivity contribution >= 4 is 5.91 Å². The molecule has 1 atom stereocenters. The zero-order chi connectivity index (χ0) is 12.6. The quantitative estimate of drug-likeness (QED) is 0.867. The number of carbonyl (C=O) groups excluding carboxylic acids is 1. The molecule has 1 aromatic rings. The number of nitrogens with zero attached hydrogens (tertiary/aromatic N) is 1. The van der Waals surface area contributed by atoms with E-state index in [4.69, 9.17) is 5.73 Å². The van der Waals surface area contributed by atoms with E-state index in [1.54, 1.807) is 0 Å². The molecule has 0 aromatic heterocycles. The number of hydrogen-bond acceptors (Lipinski definition) is 2. The van der Waals surface area contributed by atoms with Gasteiger partial charge >= 0.3 is 0 Å². The van der Waals surface area contributed by atoms with Gasteiger partial charge in [0, 0.05) is 6.54 Å². The van der Waals surface area contributed by atoms with Crippen molar-refractivity contribution in [1.82, 2.24) is 4.90 Å². The summed E-state index contributed by atoms with van der Waals surface area (Å²) in [4.78, 5) is 14.5. The molecule has 96 valence electrons. The van der Waals surface area contributed by atoms with Crippen LogP contribution in [0.5, 0.6) is 0 Å². The molecule has 1 saturated heterocycles. The number of carbonyl (C=O) groups is 1. The normalized spacial score (nSPS) is 25.8. The lowest BCUT2D eigenvalue weighted by molar-refractivity contribution is -0.141.